The molecular formula is C14H16N2O2. The average molecular weight is 244 g/mol. The molecule has 0 radical (unpaired) electrons. The molecule has 0 spiro atoms. The van der Waals surface area contributed by atoms with Crippen molar-refractivity contribution in [1.82, 2.24) is 4.98 Å². The van der Waals surface area contributed by atoms with E-state index >= 15 is 0 Å². The fourth-order valence-electron chi connectivity index (χ4n) is 2.01. The molecule has 0 aliphatic heterocycles. The Kier molecular flexibility index (Phi) is 3.30. The zero-order valence-electron chi connectivity index (χ0n) is 10.4. The molecule has 0 fully saturated rings. The van der Waals surface area contributed by atoms with Crippen molar-refractivity contribution in [3.63, 3.8) is 0 Å². The quantitative estimate of drug-likeness (QED) is 0.869. The highest BCUT2D eigenvalue weighted by Crippen LogP contribution is 2.26. The first-order valence-corrected chi connectivity index (χ1v) is 5.86. The predicted octanol–water partition coefficient (Wildman–Crippen LogP) is 2.44. The summed E-state index contributed by atoms with van der Waals surface area (Å²) in [6.07, 6.45) is 3.59. The van der Waals surface area contributed by atoms with Gasteiger partial charge < -0.3 is 10.8 Å². The van der Waals surface area contributed by atoms with Crippen LogP contribution in [0.1, 0.15) is 36.9 Å². The summed E-state index contributed by atoms with van der Waals surface area (Å²) in [5, 5.41) is 10.9. The van der Waals surface area contributed by atoms with Crippen molar-refractivity contribution in [2.75, 3.05) is 0 Å². The van der Waals surface area contributed by atoms with E-state index in [1.165, 1.54) is 0 Å². The van der Waals surface area contributed by atoms with E-state index in [0.717, 1.165) is 16.3 Å². The summed E-state index contributed by atoms with van der Waals surface area (Å²) in [7, 11) is 0. The molecule has 0 amide bonds. The van der Waals surface area contributed by atoms with Gasteiger partial charge in [0.1, 0.15) is 6.04 Å². The van der Waals surface area contributed by atoms with Crippen molar-refractivity contribution in [1.29, 1.82) is 0 Å². The van der Waals surface area contributed by atoms with E-state index in [-0.39, 0.29) is 0 Å². The van der Waals surface area contributed by atoms with E-state index in [1.807, 2.05) is 12.3 Å². The van der Waals surface area contributed by atoms with Crippen LogP contribution in [0.4, 0.5) is 0 Å². The zero-order chi connectivity index (χ0) is 13.3. The van der Waals surface area contributed by atoms with Crippen LogP contribution in [0.3, 0.4) is 0 Å². The molecule has 0 aliphatic rings. The Bertz CT molecular complexity index is 593. The topological polar surface area (TPSA) is 76.2 Å². The molecular weight excluding hydrogens is 228 g/mol. The summed E-state index contributed by atoms with van der Waals surface area (Å²) < 4.78 is 0. The van der Waals surface area contributed by atoms with E-state index in [4.69, 9.17) is 10.8 Å². The Morgan fingerprint density at radius 3 is 2.67 bits per heavy atom. The van der Waals surface area contributed by atoms with E-state index in [9.17, 15) is 4.79 Å². The van der Waals surface area contributed by atoms with Gasteiger partial charge in [-0.2, -0.15) is 0 Å². The van der Waals surface area contributed by atoms with Crippen LogP contribution < -0.4 is 5.73 Å². The van der Waals surface area contributed by atoms with Crippen LogP contribution in [-0.4, -0.2) is 16.1 Å². The molecule has 1 unspecified atom stereocenters. The van der Waals surface area contributed by atoms with Gasteiger partial charge >= 0.3 is 5.97 Å². The highest BCUT2D eigenvalue weighted by Gasteiger charge is 2.15. The Balaban J connectivity index is 2.57. The minimum Gasteiger partial charge on any atom is -0.480 e. The molecule has 1 heterocycles. The number of carboxylic acid groups (broad SMARTS) is 1. The molecule has 3 N–H and O–H groups in total. The third-order valence-electron chi connectivity index (χ3n) is 3.06. The van der Waals surface area contributed by atoms with Gasteiger partial charge in [-0.05, 0) is 28.5 Å². The largest absolute Gasteiger partial charge is 0.480 e. The minimum atomic E-state index is -1.03. The van der Waals surface area contributed by atoms with Crippen LogP contribution in [0.25, 0.3) is 10.8 Å². The second-order valence-electron chi connectivity index (χ2n) is 4.68. The lowest BCUT2D eigenvalue weighted by Crippen LogP contribution is -2.20. The lowest BCUT2D eigenvalue weighted by molar-refractivity contribution is -0.138. The molecule has 1 atom stereocenters. The van der Waals surface area contributed by atoms with Crippen molar-refractivity contribution in [2.24, 2.45) is 5.73 Å². The van der Waals surface area contributed by atoms with Crippen LogP contribution in [0.5, 0.6) is 0 Å². The van der Waals surface area contributed by atoms with Crippen LogP contribution in [0.15, 0.2) is 30.6 Å². The van der Waals surface area contributed by atoms with Gasteiger partial charge in [-0.3, -0.25) is 9.78 Å². The van der Waals surface area contributed by atoms with Crippen molar-refractivity contribution in [3.8, 4) is 0 Å². The number of hydrogen-bond donors (Lipinski definition) is 2. The lowest BCUT2D eigenvalue weighted by Gasteiger charge is -2.12. The molecule has 0 saturated carbocycles. The number of carboxylic acids is 1. The van der Waals surface area contributed by atoms with Crippen LogP contribution in [-0.2, 0) is 4.79 Å². The number of pyridine rings is 1. The molecule has 0 bridgehead atoms. The van der Waals surface area contributed by atoms with E-state index in [2.05, 4.69) is 18.8 Å². The van der Waals surface area contributed by atoms with Gasteiger partial charge in [-0.25, -0.2) is 0 Å². The number of fused-ring (bicyclic) bond motifs is 1. The molecule has 18 heavy (non-hydrogen) atoms. The monoisotopic (exact) mass is 244 g/mol. The molecule has 1 aromatic heterocycles. The number of carbonyl (C=O) groups is 1. The highest BCUT2D eigenvalue weighted by atomic mass is 16.4. The maximum atomic E-state index is 10.9. The fraction of sp³-hybridized carbons (Fsp3) is 0.286. The SMILES string of the molecule is CC(C)c1cncc2cc(C(N)C(=O)O)ccc12. The molecule has 0 saturated heterocycles. The van der Waals surface area contributed by atoms with Gasteiger partial charge in [-0.15, -0.1) is 0 Å². The first-order chi connectivity index (χ1) is 8.50. The van der Waals surface area contributed by atoms with Gasteiger partial charge in [-0.1, -0.05) is 26.0 Å². The number of nitrogens with two attached hydrogens (primary N) is 1. The summed E-state index contributed by atoms with van der Waals surface area (Å²) >= 11 is 0. The van der Waals surface area contributed by atoms with E-state index in [0.29, 0.717) is 11.5 Å². The summed E-state index contributed by atoms with van der Waals surface area (Å²) in [5.41, 5.74) is 7.36. The lowest BCUT2D eigenvalue weighted by atomic mass is 9.96. The highest BCUT2D eigenvalue weighted by molar-refractivity contribution is 5.87. The van der Waals surface area contributed by atoms with Gasteiger partial charge in [0.15, 0.2) is 0 Å². The Morgan fingerprint density at radius 1 is 1.33 bits per heavy atom. The third-order valence-corrected chi connectivity index (χ3v) is 3.06. The first-order valence-electron chi connectivity index (χ1n) is 5.86. The number of rotatable bonds is 3. The van der Waals surface area contributed by atoms with Crippen LogP contribution in [0, 0.1) is 0 Å². The van der Waals surface area contributed by atoms with Crippen molar-refractivity contribution >= 4 is 16.7 Å². The molecule has 4 nitrogen and oxygen atoms in total. The normalized spacial score (nSPS) is 12.9. The average Bonchev–Trinajstić information content (AvgIpc) is 2.36. The van der Waals surface area contributed by atoms with E-state index in [1.54, 1.807) is 18.3 Å². The second kappa shape index (κ2) is 4.74. The number of aliphatic carboxylic acids is 1. The van der Waals surface area contributed by atoms with Gasteiger partial charge in [0.05, 0.1) is 0 Å². The van der Waals surface area contributed by atoms with Crippen molar-refractivity contribution < 1.29 is 9.90 Å². The van der Waals surface area contributed by atoms with Gasteiger partial charge in [0, 0.05) is 17.8 Å². The van der Waals surface area contributed by atoms with Crippen molar-refractivity contribution in [2.45, 2.75) is 25.8 Å². The summed E-state index contributed by atoms with van der Waals surface area (Å²) in [6.45, 7) is 4.21. The third kappa shape index (κ3) is 2.19. The zero-order valence-corrected chi connectivity index (χ0v) is 10.4. The summed E-state index contributed by atoms with van der Waals surface area (Å²) in [5.74, 6) is -0.650. The number of nitrogens with zero attached hydrogens (tertiary/aromatic N) is 1. The molecule has 2 rings (SSSR count). The number of hydrogen-bond acceptors (Lipinski definition) is 3. The summed E-state index contributed by atoms with van der Waals surface area (Å²) in [6, 6.07) is 4.50. The molecule has 1 aromatic carbocycles. The van der Waals surface area contributed by atoms with Crippen LogP contribution in [0.2, 0.25) is 0 Å². The van der Waals surface area contributed by atoms with Gasteiger partial charge in [0.25, 0.3) is 0 Å². The first kappa shape index (κ1) is 12.5. The fourth-order valence-corrected chi connectivity index (χ4v) is 2.01. The Labute approximate surface area is 105 Å². The minimum absolute atomic E-state index is 0.375. The standard InChI is InChI=1S/C14H16N2O2/c1-8(2)12-7-16-6-10-5-9(3-4-11(10)12)13(15)14(17)18/h3-8,13H,15H2,1-2H3,(H,17,18). The Hall–Kier alpha value is -1.94. The van der Waals surface area contributed by atoms with Crippen molar-refractivity contribution in [3.05, 3.63) is 41.7 Å². The number of benzene rings is 1. The molecule has 2 aromatic rings. The predicted molar refractivity (Wildman–Crippen MR) is 70.4 cm³/mol. The molecule has 4 heteroatoms. The van der Waals surface area contributed by atoms with E-state index < -0.39 is 12.0 Å². The Morgan fingerprint density at radius 2 is 2.06 bits per heavy atom. The molecule has 94 valence electrons. The van der Waals surface area contributed by atoms with Gasteiger partial charge in [0.2, 0.25) is 0 Å². The maximum Gasteiger partial charge on any atom is 0.325 e. The molecule has 0 aliphatic carbocycles. The summed E-state index contributed by atoms with van der Waals surface area (Å²) in [4.78, 5) is 15.1. The smallest absolute Gasteiger partial charge is 0.325 e. The maximum absolute atomic E-state index is 10.9. The second-order valence-corrected chi connectivity index (χ2v) is 4.68. The number of aromatic nitrogens is 1. The van der Waals surface area contributed by atoms with Crippen LogP contribution >= 0.6 is 0 Å².